The first-order valence-electron chi connectivity index (χ1n) is 9.92. The number of hydrazine groups is 1. The van der Waals surface area contributed by atoms with Crippen molar-refractivity contribution in [1.82, 2.24) is 10.9 Å². The van der Waals surface area contributed by atoms with Crippen molar-refractivity contribution in [2.45, 2.75) is 65.1 Å². The topological polar surface area (TPSA) is 85.9 Å². The van der Waals surface area contributed by atoms with Gasteiger partial charge in [-0.05, 0) is 56.2 Å². The first-order valence-corrected chi connectivity index (χ1v) is 9.92. The van der Waals surface area contributed by atoms with Crippen LogP contribution in [0.25, 0.3) is 0 Å². The van der Waals surface area contributed by atoms with Crippen molar-refractivity contribution < 1.29 is 23.8 Å². The van der Waals surface area contributed by atoms with Crippen LogP contribution in [0.5, 0.6) is 5.75 Å². The van der Waals surface area contributed by atoms with Crippen LogP contribution in [0.15, 0.2) is 18.2 Å². The number of benzene rings is 1. The third-order valence-corrected chi connectivity index (χ3v) is 4.65. The van der Waals surface area contributed by atoms with Gasteiger partial charge in [-0.3, -0.25) is 20.4 Å². The average Bonchev–Trinajstić information content (AvgIpc) is 2.69. The van der Waals surface area contributed by atoms with Crippen molar-refractivity contribution in [2.24, 2.45) is 0 Å². The molecule has 28 heavy (non-hydrogen) atoms. The van der Waals surface area contributed by atoms with Gasteiger partial charge in [-0.25, -0.2) is 0 Å². The molecule has 7 nitrogen and oxygen atoms in total. The van der Waals surface area contributed by atoms with E-state index in [1.807, 2.05) is 25.1 Å². The smallest absolute Gasteiger partial charge is 0.276 e. The van der Waals surface area contributed by atoms with E-state index < -0.39 is 17.9 Å². The van der Waals surface area contributed by atoms with Gasteiger partial charge in [-0.2, -0.15) is 0 Å². The minimum Gasteiger partial charge on any atom is -0.483 e. The van der Waals surface area contributed by atoms with E-state index in [9.17, 15) is 9.59 Å². The number of rotatable bonds is 8. The highest BCUT2D eigenvalue weighted by molar-refractivity contribution is 5.84. The quantitative estimate of drug-likeness (QED) is 0.664. The summed E-state index contributed by atoms with van der Waals surface area (Å²) in [5, 5.41) is 0. The number of nitrogens with one attached hydrogen (secondary N) is 2. The van der Waals surface area contributed by atoms with Gasteiger partial charge in [0.25, 0.3) is 11.8 Å². The Balaban J connectivity index is 1.71. The molecule has 0 aliphatic carbocycles. The number of carbonyl (C=O) groups excluding carboxylic acids is 2. The Morgan fingerprint density at radius 3 is 2.68 bits per heavy atom. The molecule has 1 heterocycles. The van der Waals surface area contributed by atoms with E-state index in [0.717, 1.165) is 37.0 Å². The predicted octanol–water partition coefficient (Wildman–Crippen LogP) is 2.62. The fraction of sp³-hybridized carbons (Fsp3) is 0.619. The summed E-state index contributed by atoms with van der Waals surface area (Å²) in [6, 6.07) is 5.93. The van der Waals surface area contributed by atoms with Gasteiger partial charge >= 0.3 is 0 Å². The highest BCUT2D eigenvalue weighted by Crippen LogP contribution is 2.27. The minimum atomic E-state index is -0.684. The fourth-order valence-electron chi connectivity index (χ4n) is 2.92. The van der Waals surface area contributed by atoms with Gasteiger partial charge < -0.3 is 14.2 Å². The maximum atomic E-state index is 12.1. The molecule has 2 amide bonds. The van der Waals surface area contributed by atoms with Crippen molar-refractivity contribution in [3.05, 3.63) is 29.3 Å². The van der Waals surface area contributed by atoms with E-state index in [2.05, 4.69) is 24.7 Å². The van der Waals surface area contributed by atoms with E-state index >= 15 is 0 Å². The lowest BCUT2D eigenvalue weighted by Gasteiger charge is -2.23. The van der Waals surface area contributed by atoms with Gasteiger partial charge in [-0.1, -0.05) is 26.0 Å². The Morgan fingerprint density at radius 2 is 2.00 bits per heavy atom. The monoisotopic (exact) mass is 392 g/mol. The van der Waals surface area contributed by atoms with Gasteiger partial charge in [-0.15, -0.1) is 0 Å². The molecule has 156 valence electrons. The Morgan fingerprint density at radius 1 is 1.21 bits per heavy atom. The zero-order valence-corrected chi connectivity index (χ0v) is 17.2. The molecule has 1 aliphatic rings. The van der Waals surface area contributed by atoms with E-state index in [4.69, 9.17) is 14.2 Å². The number of hydrogen-bond acceptors (Lipinski definition) is 5. The molecule has 1 aromatic rings. The van der Waals surface area contributed by atoms with Gasteiger partial charge in [0.2, 0.25) is 0 Å². The number of hydrogen-bond donors (Lipinski definition) is 2. The van der Waals surface area contributed by atoms with Crippen LogP contribution in [0.3, 0.4) is 0 Å². The van der Waals surface area contributed by atoms with Crippen LogP contribution in [0.4, 0.5) is 0 Å². The molecule has 2 unspecified atom stereocenters. The van der Waals surface area contributed by atoms with Crippen LogP contribution in [0.1, 0.15) is 57.1 Å². The van der Waals surface area contributed by atoms with E-state index in [-0.39, 0.29) is 18.6 Å². The molecule has 1 aliphatic heterocycles. The van der Waals surface area contributed by atoms with Crippen LogP contribution in [-0.4, -0.2) is 43.8 Å². The molecule has 1 saturated heterocycles. The summed E-state index contributed by atoms with van der Waals surface area (Å²) in [7, 11) is 0. The molecule has 0 saturated carbocycles. The Hall–Kier alpha value is -2.12. The molecule has 0 spiro atoms. The number of carbonyl (C=O) groups is 2. The second kappa shape index (κ2) is 11.0. The fourth-order valence-corrected chi connectivity index (χ4v) is 2.92. The lowest BCUT2D eigenvalue weighted by molar-refractivity contribution is -0.139. The van der Waals surface area contributed by atoms with Gasteiger partial charge in [0.15, 0.2) is 6.61 Å². The molecule has 1 fully saturated rings. The van der Waals surface area contributed by atoms with Crippen LogP contribution < -0.4 is 15.6 Å². The van der Waals surface area contributed by atoms with Gasteiger partial charge in [0.1, 0.15) is 11.9 Å². The SMILES string of the molecule is Cc1ccc(C(C)C)c(OCC(=O)NNC(=O)C(C)OCC2CCCCO2)c1. The van der Waals surface area contributed by atoms with Crippen molar-refractivity contribution in [1.29, 1.82) is 0 Å². The number of aryl methyl sites for hydroxylation is 1. The molecule has 0 bridgehead atoms. The summed E-state index contributed by atoms with van der Waals surface area (Å²) in [6.45, 7) is 8.67. The first kappa shape index (κ1) is 22.2. The maximum absolute atomic E-state index is 12.1. The normalized spacial score (nSPS) is 17.8. The average molecular weight is 392 g/mol. The zero-order valence-electron chi connectivity index (χ0n) is 17.2. The van der Waals surface area contributed by atoms with E-state index in [1.165, 1.54) is 0 Å². The van der Waals surface area contributed by atoms with Crippen LogP contribution in [0.2, 0.25) is 0 Å². The van der Waals surface area contributed by atoms with Crippen LogP contribution in [-0.2, 0) is 19.1 Å². The highest BCUT2D eigenvalue weighted by Gasteiger charge is 2.19. The molecule has 0 radical (unpaired) electrons. The number of ether oxygens (including phenoxy) is 3. The third-order valence-electron chi connectivity index (χ3n) is 4.65. The summed E-state index contributed by atoms with van der Waals surface area (Å²) in [4.78, 5) is 24.1. The highest BCUT2D eigenvalue weighted by atomic mass is 16.5. The summed E-state index contributed by atoms with van der Waals surface area (Å²) < 4.78 is 16.8. The molecular weight excluding hydrogens is 360 g/mol. The Bertz CT molecular complexity index is 656. The van der Waals surface area contributed by atoms with Crippen molar-refractivity contribution in [2.75, 3.05) is 19.8 Å². The summed E-state index contributed by atoms with van der Waals surface area (Å²) >= 11 is 0. The largest absolute Gasteiger partial charge is 0.483 e. The maximum Gasteiger partial charge on any atom is 0.276 e. The Kier molecular flexibility index (Phi) is 8.73. The Labute approximate surface area is 167 Å². The molecule has 0 aromatic heterocycles. The van der Waals surface area contributed by atoms with Gasteiger partial charge in [0, 0.05) is 6.61 Å². The van der Waals surface area contributed by atoms with Crippen molar-refractivity contribution >= 4 is 11.8 Å². The van der Waals surface area contributed by atoms with Crippen molar-refractivity contribution in [3.8, 4) is 5.75 Å². The second-order valence-electron chi connectivity index (χ2n) is 7.49. The second-order valence-corrected chi connectivity index (χ2v) is 7.49. The summed E-state index contributed by atoms with van der Waals surface area (Å²) in [5.41, 5.74) is 6.82. The summed E-state index contributed by atoms with van der Waals surface area (Å²) in [6.07, 6.45) is 2.48. The molecule has 2 N–H and O–H groups in total. The lowest BCUT2D eigenvalue weighted by atomic mass is 10.0. The summed E-state index contributed by atoms with van der Waals surface area (Å²) in [5.74, 6) is 0.111. The minimum absolute atomic E-state index is 0.0384. The van der Waals surface area contributed by atoms with Gasteiger partial charge in [0.05, 0.1) is 12.7 Å². The molecule has 2 rings (SSSR count). The number of amides is 2. The zero-order chi connectivity index (χ0) is 20.5. The molecule has 1 aromatic carbocycles. The van der Waals surface area contributed by atoms with Crippen LogP contribution in [0, 0.1) is 6.92 Å². The molecular formula is C21H32N2O5. The van der Waals surface area contributed by atoms with E-state index in [0.29, 0.717) is 12.4 Å². The standard InChI is InChI=1S/C21H32N2O5/c1-14(2)18-9-8-15(3)11-19(18)28-13-20(24)22-23-21(25)16(4)27-12-17-7-5-6-10-26-17/h8-9,11,14,16-17H,5-7,10,12-13H2,1-4H3,(H,22,24)(H,23,25). The van der Waals surface area contributed by atoms with E-state index in [1.54, 1.807) is 6.92 Å². The lowest BCUT2D eigenvalue weighted by Crippen LogP contribution is -2.48. The molecule has 2 atom stereocenters. The molecule has 7 heteroatoms. The third kappa shape index (κ3) is 7.13. The predicted molar refractivity (Wildman–Crippen MR) is 106 cm³/mol. The van der Waals surface area contributed by atoms with Crippen LogP contribution >= 0.6 is 0 Å². The van der Waals surface area contributed by atoms with Crippen molar-refractivity contribution in [3.63, 3.8) is 0 Å². The first-order chi connectivity index (χ1) is 13.4.